The molecule has 0 aliphatic heterocycles. The van der Waals surface area contributed by atoms with Crippen molar-refractivity contribution >= 4 is 22.8 Å². The first kappa shape index (κ1) is 14.8. The highest BCUT2D eigenvalue weighted by molar-refractivity contribution is 5.83. The second-order valence-electron chi connectivity index (χ2n) is 4.90. The average Bonchev–Trinajstić information content (AvgIpc) is 2.41. The number of aromatic amines is 1. The van der Waals surface area contributed by atoms with Gasteiger partial charge in [0.25, 0.3) is 0 Å². The fourth-order valence-corrected chi connectivity index (χ4v) is 2.30. The van der Waals surface area contributed by atoms with Crippen molar-refractivity contribution < 1.29 is 14.7 Å². The molecule has 0 aliphatic rings. The van der Waals surface area contributed by atoms with Crippen LogP contribution in [0.25, 0.3) is 10.9 Å². The van der Waals surface area contributed by atoms with Crippen molar-refractivity contribution in [3.05, 3.63) is 45.7 Å². The van der Waals surface area contributed by atoms with E-state index in [1.807, 2.05) is 6.07 Å². The second kappa shape index (κ2) is 5.78. The van der Waals surface area contributed by atoms with Crippen LogP contribution in [-0.2, 0) is 16.0 Å². The second-order valence-corrected chi connectivity index (χ2v) is 4.90. The molecular weight excluding hydrogens is 272 g/mol. The van der Waals surface area contributed by atoms with Crippen LogP contribution in [0, 0.1) is 6.92 Å². The Morgan fingerprint density at radius 3 is 2.62 bits per heavy atom. The number of pyridine rings is 1. The zero-order valence-corrected chi connectivity index (χ0v) is 11.8. The van der Waals surface area contributed by atoms with Crippen LogP contribution in [-0.4, -0.2) is 28.0 Å². The van der Waals surface area contributed by atoms with Gasteiger partial charge in [0.1, 0.15) is 6.04 Å². The summed E-state index contributed by atoms with van der Waals surface area (Å²) in [6.45, 7) is 2.96. The monoisotopic (exact) mass is 288 g/mol. The Balaban J connectivity index is 2.48. The minimum atomic E-state index is -1.17. The van der Waals surface area contributed by atoms with Crippen molar-refractivity contribution in [2.24, 2.45) is 0 Å². The predicted octanol–water partition coefficient (Wildman–Crippen LogP) is 0.968. The molecule has 1 aromatic carbocycles. The Morgan fingerprint density at radius 2 is 2.00 bits per heavy atom. The number of aryl methyl sites for hydroxylation is 1. The highest BCUT2D eigenvalue weighted by Crippen LogP contribution is 2.12. The molecule has 0 bridgehead atoms. The van der Waals surface area contributed by atoms with E-state index in [1.165, 1.54) is 6.92 Å². The summed E-state index contributed by atoms with van der Waals surface area (Å²) in [6, 6.07) is 5.92. The van der Waals surface area contributed by atoms with E-state index in [-0.39, 0.29) is 11.8 Å². The normalized spacial score (nSPS) is 12.1. The summed E-state index contributed by atoms with van der Waals surface area (Å²) in [5, 5.41) is 12.0. The Kier molecular flexibility index (Phi) is 4.07. The maximum absolute atomic E-state index is 12.5. The van der Waals surface area contributed by atoms with E-state index in [0.717, 1.165) is 0 Å². The van der Waals surface area contributed by atoms with Crippen LogP contribution in [0.1, 0.15) is 18.2 Å². The van der Waals surface area contributed by atoms with Crippen LogP contribution in [0.5, 0.6) is 0 Å². The smallest absolute Gasteiger partial charge is 0.326 e. The summed E-state index contributed by atoms with van der Waals surface area (Å²) >= 11 is 0. The van der Waals surface area contributed by atoms with E-state index < -0.39 is 17.9 Å². The molecular formula is C15H16N2O4. The first-order chi connectivity index (χ1) is 9.90. The Bertz CT molecular complexity index is 764. The number of aromatic nitrogens is 1. The molecule has 1 amide bonds. The summed E-state index contributed by atoms with van der Waals surface area (Å²) in [4.78, 5) is 37.8. The van der Waals surface area contributed by atoms with Gasteiger partial charge in [0, 0.05) is 35.5 Å². The van der Waals surface area contributed by atoms with Crippen molar-refractivity contribution in [3.63, 3.8) is 0 Å². The molecule has 0 saturated heterocycles. The molecule has 0 spiro atoms. The van der Waals surface area contributed by atoms with E-state index in [0.29, 0.717) is 22.2 Å². The van der Waals surface area contributed by atoms with Gasteiger partial charge in [-0.15, -0.1) is 0 Å². The van der Waals surface area contributed by atoms with Crippen LogP contribution in [0.2, 0.25) is 0 Å². The van der Waals surface area contributed by atoms with E-state index in [4.69, 9.17) is 5.11 Å². The summed E-state index contributed by atoms with van der Waals surface area (Å²) in [7, 11) is 0. The molecule has 6 nitrogen and oxygen atoms in total. The quantitative estimate of drug-likeness (QED) is 0.780. The van der Waals surface area contributed by atoms with Crippen molar-refractivity contribution in [1.82, 2.24) is 10.3 Å². The molecule has 0 saturated carbocycles. The van der Waals surface area contributed by atoms with Gasteiger partial charge in [-0.2, -0.15) is 0 Å². The molecule has 1 atom stereocenters. The molecule has 110 valence electrons. The third kappa shape index (κ3) is 3.10. The van der Waals surface area contributed by atoms with E-state index >= 15 is 0 Å². The minimum Gasteiger partial charge on any atom is -0.480 e. The Morgan fingerprint density at radius 1 is 1.33 bits per heavy atom. The standard InChI is InChI=1S/C15H16N2O4/c1-8-11(7-13(15(20)21)17-9(2)18)14(19)10-5-3-4-6-12(10)16-8/h3-6,13H,7H2,1-2H3,(H,16,19)(H,17,18)(H,20,21). The van der Waals surface area contributed by atoms with Crippen molar-refractivity contribution in [2.75, 3.05) is 0 Å². The van der Waals surface area contributed by atoms with Crippen LogP contribution >= 0.6 is 0 Å². The van der Waals surface area contributed by atoms with Gasteiger partial charge in [-0.3, -0.25) is 9.59 Å². The molecule has 0 aliphatic carbocycles. The Hall–Kier alpha value is -2.63. The van der Waals surface area contributed by atoms with E-state index in [9.17, 15) is 14.4 Å². The summed E-state index contributed by atoms with van der Waals surface area (Å²) in [6.07, 6.45) is -0.0546. The highest BCUT2D eigenvalue weighted by Gasteiger charge is 2.22. The van der Waals surface area contributed by atoms with Crippen LogP contribution < -0.4 is 10.7 Å². The van der Waals surface area contributed by atoms with Crippen LogP contribution in [0.15, 0.2) is 29.1 Å². The number of carboxylic acids is 1. The molecule has 2 rings (SSSR count). The lowest BCUT2D eigenvalue weighted by Gasteiger charge is -2.15. The number of carbonyl (C=O) groups excluding carboxylic acids is 1. The topological polar surface area (TPSA) is 99.3 Å². The molecule has 0 radical (unpaired) electrons. The van der Waals surface area contributed by atoms with Gasteiger partial charge < -0.3 is 15.4 Å². The summed E-state index contributed by atoms with van der Waals surface area (Å²) in [5.74, 6) is -1.62. The first-order valence-electron chi connectivity index (χ1n) is 6.50. The molecule has 3 N–H and O–H groups in total. The van der Waals surface area contributed by atoms with Gasteiger partial charge in [0.15, 0.2) is 5.43 Å². The number of benzene rings is 1. The average molecular weight is 288 g/mol. The Labute approximate surface area is 120 Å². The molecule has 0 fully saturated rings. The molecule has 1 heterocycles. The maximum Gasteiger partial charge on any atom is 0.326 e. The van der Waals surface area contributed by atoms with Gasteiger partial charge in [-0.25, -0.2) is 4.79 Å². The largest absolute Gasteiger partial charge is 0.480 e. The minimum absolute atomic E-state index is 0.0546. The van der Waals surface area contributed by atoms with E-state index in [1.54, 1.807) is 25.1 Å². The number of rotatable bonds is 4. The fraction of sp³-hybridized carbons (Fsp3) is 0.267. The van der Waals surface area contributed by atoms with Gasteiger partial charge in [0.05, 0.1) is 0 Å². The predicted molar refractivity (Wildman–Crippen MR) is 78.3 cm³/mol. The van der Waals surface area contributed by atoms with Gasteiger partial charge in [0.2, 0.25) is 5.91 Å². The fourth-order valence-electron chi connectivity index (χ4n) is 2.30. The number of amides is 1. The first-order valence-corrected chi connectivity index (χ1v) is 6.50. The van der Waals surface area contributed by atoms with Crippen molar-refractivity contribution in [2.45, 2.75) is 26.3 Å². The summed E-state index contributed by atoms with van der Waals surface area (Å²) in [5.41, 5.74) is 1.47. The van der Waals surface area contributed by atoms with Gasteiger partial charge in [-0.1, -0.05) is 12.1 Å². The number of aliphatic carboxylic acids is 1. The third-order valence-corrected chi connectivity index (χ3v) is 3.30. The molecule has 2 aromatic rings. The zero-order valence-electron chi connectivity index (χ0n) is 11.8. The SMILES string of the molecule is CC(=O)NC(Cc1c(C)[nH]c2ccccc2c1=O)C(=O)O. The van der Waals surface area contributed by atoms with Crippen LogP contribution in [0.4, 0.5) is 0 Å². The van der Waals surface area contributed by atoms with Gasteiger partial charge >= 0.3 is 5.97 Å². The van der Waals surface area contributed by atoms with Crippen molar-refractivity contribution in [1.29, 1.82) is 0 Å². The number of hydrogen-bond acceptors (Lipinski definition) is 3. The summed E-state index contributed by atoms with van der Waals surface area (Å²) < 4.78 is 0. The van der Waals surface area contributed by atoms with Gasteiger partial charge in [-0.05, 0) is 19.1 Å². The maximum atomic E-state index is 12.5. The lowest BCUT2D eigenvalue weighted by atomic mass is 10.0. The number of hydrogen-bond donors (Lipinski definition) is 3. The lowest BCUT2D eigenvalue weighted by Crippen LogP contribution is -2.42. The van der Waals surface area contributed by atoms with E-state index in [2.05, 4.69) is 10.3 Å². The zero-order chi connectivity index (χ0) is 15.6. The number of para-hydroxylation sites is 1. The number of nitrogens with one attached hydrogen (secondary N) is 2. The molecule has 6 heteroatoms. The third-order valence-electron chi connectivity index (χ3n) is 3.30. The van der Waals surface area contributed by atoms with Crippen LogP contribution in [0.3, 0.4) is 0 Å². The number of carboxylic acid groups (broad SMARTS) is 1. The number of fused-ring (bicyclic) bond motifs is 1. The van der Waals surface area contributed by atoms with Crippen molar-refractivity contribution in [3.8, 4) is 0 Å². The highest BCUT2D eigenvalue weighted by atomic mass is 16.4. The molecule has 1 unspecified atom stereocenters. The molecule has 1 aromatic heterocycles. The number of H-pyrrole nitrogens is 1. The lowest BCUT2D eigenvalue weighted by molar-refractivity contribution is -0.141. The number of carbonyl (C=O) groups is 2. The molecule has 21 heavy (non-hydrogen) atoms.